The van der Waals surface area contributed by atoms with Gasteiger partial charge in [0.05, 0.1) is 6.10 Å². The first-order valence-electron chi connectivity index (χ1n) is 6.45. The number of halogens is 1. The molecule has 2 N–H and O–H groups in total. The molecular formula is C16H18ClNO2. The van der Waals surface area contributed by atoms with Crippen LogP contribution in [-0.2, 0) is 0 Å². The largest absolute Gasteiger partial charge is 0.491 e. The molecule has 0 aliphatic heterocycles. The summed E-state index contributed by atoms with van der Waals surface area (Å²) in [7, 11) is 0. The molecule has 0 bridgehead atoms. The molecular weight excluding hydrogens is 274 g/mol. The highest BCUT2D eigenvalue weighted by atomic mass is 35.5. The highest BCUT2D eigenvalue weighted by Crippen LogP contribution is 2.30. The second-order valence-corrected chi connectivity index (χ2v) is 5.32. The maximum Gasteiger partial charge on any atom is 0.133 e. The maximum atomic E-state index is 6.00. The van der Waals surface area contributed by atoms with Gasteiger partial charge < -0.3 is 15.2 Å². The quantitative estimate of drug-likeness (QED) is 0.822. The van der Waals surface area contributed by atoms with Crippen LogP contribution >= 0.6 is 11.6 Å². The zero-order chi connectivity index (χ0) is 14.7. The average molecular weight is 292 g/mol. The van der Waals surface area contributed by atoms with E-state index in [1.54, 1.807) is 12.1 Å². The zero-order valence-corrected chi connectivity index (χ0v) is 12.6. The van der Waals surface area contributed by atoms with Crippen molar-refractivity contribution in [3.05, 3.63) is 47.0 Å². The van der Waals surface area contributed by atoms with Crippen molar-refractivity contribution < 1.29 is 9.47 Å². The van der Waals surface area contributed by atoms with Gasteiger partial charge in [-0.15, -0.1) is 0 Å². The molecule has 0 atom stereocenters. The van der Waals surface area contributed by atoms with Gasteiger partial charge in [-0.2, -0.15) is 0 Å². The van der Waals surface area contributed by atoms with Gasteiger partial charge in [0.25, 0.3) is 0 Å². The summed E-state index contributed by atoms with van der Waals surface area (Å²) < 4.78 is 11.4. The van der Waals surface area contributed by atoms with Crippen molar-refractivity contribution >= 4 is 17.3 Å². The molecule has 106 valence electrons. The lowest BCUT2D eigenvalue weighted by atomic mass is 10.2. The third kappa shape index (κ3) is 3.81. The van der Waals surface area contributed by atoms with Crippen molar-refractivity contribution in [2.24, 2.45) is 0 Å². The Bertz CT molecular complexity index is 611. The Morgan fingerprint density at radius 3 is 2.35 bits per heavy atom. The van der Waals surface area contributed by atoms with Gasteiger partial charge in [-0.05, 0) is 44.5 Å². The van der Waals surface area contributed by atoms with E-state index in [1.165, 1.54) is 0 Å². The number of hydrogen-bond donors (Lipinski definition) is 1. The summed E-state index contributed by atoms with van der Waals surface area (Å²) in [6.07, 6.45) is 0.0856. The molecule has 20 heavy (non-hydrogen) atoms. The molecule has 2 aromatic carbocycles. The minimum absolute atomic E-state index is 0.0856. The molecule has 0 fully saturated rings. The van der Waals surface area contributed by atoms with E-state index in [0.717, 1.165) is 5.56 Å². The molecule has 0 aliphatic rings. The van der Waals surface area contributed by atoms with Gasteiger partial charge in [0.15, 0.2) is 0 Å². The summed E-state index contributed by atoms with van der Waals surface area (Å²) in [6.45, 7) is 5.86. The van der Waals surface area contributed by atoms with Gasteiger partial charge in [0.1, 0.15) is 17.2 Å². The summed E-state index contributed by atoms with van der Waals surface area (Å²) in [6, 6.07) is 10.9. The predicted molar refractivity (Wildman–Crippen MR) is 82.9 cm³/mol. The van der Waals surface area contributed by atoms with Crippen LogP contribution in [0.25, 0.3) is 0 Å². The number of nitrogens with two attached hydrogens (primary N) is 1. The molecule has 0 unspecified atom stereocenters. The minimum Gasteiger partial charge on any atom is -0.491 e. The number of rotatable bonds is 4. The lowest BCUT2D eigenvalue weighted by Gasteiger charge is -2.13. The Morgan fingerprint density at radius 1 is 1.00 bits per heavy atom. The Hall–Kier alpha value is -1.87. The van der Waals surface area contributed by atoms with Crippen molar-refractivity contribution in [1.29, 1.82) is 0 Å². The van der Waals surface area contributed by atoms with Crippen LogP contribution < -0.4 is 15.2 Å². The van der Waals surface area contributed by atoms with E-state index >= 15 is 0 Å². The Kier molecular flexibility index (Phi) is 4.40. The van der Waals surface area contributed by atoms with Crippen LogP contribution in [0, 0.1) is 6.92 Å². The van der Waals surface area contributed by atoms with Gasteiger partial charge in [-0.25, -0.2) is 0 Å². The fraction of sp³-hybridized carbons (Fsp3) is 0.250. The average Bonchev–Trinajstić information content (AvgIpc) is 2.32. The van der Waals surface area contributed by atoms with Crippen LogP contribution in [0.3, 0.4) is 0 Å². The summed E-state index contributed by atoms with van der Waals surface area (Å²) in [5, 5.41) is 0.716. The Balaban J connectivity index is 2.24. The number of hydrogen-bond acceptors (Lipinski definition) is 3. The lowest BCUT2D eigenvalue weighted by Crippen LogP contribution is -2.05. The first-order chi connectivity index (χ1) is 9.44. The van der Waals surface area contributed by atoms with E-state index in [0.29, 0.717) is 28.0 Å². The summed E-state index contributed by atoms with van der Waals surface area (Å²) in [5.74, 6) is 2.05. The smallest absolute Gasteiger partial charge is 0.133 e. The second kappa shape index (κ2) is 6.06. The zero-order valence-electron chi connectivity index (χ0n) is 11.8. The Labute approximate surface area is 124 Å². The molecule has 3 nitrogen and oxygen atoms in total. The van der Waals surface area contributed by atoms with Gasteiger partial charge in [0.2, 0.25) is 0 Å². The van der Waals surface area contributed by atoms with Crippen molar-refractivity contribution in [2.75, 3.05) is 5.73 Å². The van der Waals surface area contributed by atoms with Crippen LogP contribution in [0.5, 0.6) is 17.2 Å². The standard InChI is InChI=1S/C16H18ClNO2/c1-10(2)19-14-7-12(18)8-15(9-14)20-13-4-5-16(17)11(3)6-13/h4-10H,18H2,1-3H3. The van der Waals surface area contributed by atoms with Gasteiger partial charge in [-0.1, -0.05) is 11.6 Å². The number of ether oxygens (including phenoxy) is 2. The van der Waals surface area contributed by atoms with E-state index in [9.17, 15) is 0 Å². The van der Waals surface area contributed by atoms with Crippen LogP contribution in [0.1, 0.15) is 19.4 Å². The van der Waals surface area contributed by atoms with Gasteiger partial charge >= 0.3 is 0 Å². The molecule has 0 radical (unpaired) electrons. The van der Waals surface area contributed by atoms with E-state index < -0.39 is 0 Å². The van der Waals surface area contributed by atoms with E-state index in [1.807, 2.05) is 45.0 Å². The van der Waals surface area contributed by atoms with Crippen LogP contribution in [0.4, 0.5) is 5.69 Å². The van der Waals surface area contributed by atoms with Crippen molar-refractivity contribution in [3.63, 3.8) is 0 Å². The van der Waals surface area contributed by atoms with Crippen molar-refractivity contribution in [1.82, 2.24) is 0 Å². The molecule has 4 heteroatoms. The highest BCUT2D eigenvalue weighted by molar-refractivity contribution is 6.31. The van der Waals surface area contributed by atoms with E-state index in [2.05, 4.69) is 0 Å². The number of benzene rings is 2. The fourth-order valence-corrected chi connectivity index (χ4v) is 1.93. The predicted octanol–water partition coefficient (Wildman–Crippen LogP) is 4.81. The van der Waals surface area contributed by atoms with Crippen LogP contribution in [-0.4, -0.2) is 6.10 Å². The summed E-state index contributed by atoms with van der Waals surface area (Å²) in [5.41, 5.74) is 7.43. The maximum absolute atomic E-state index is 6.00. The second-order valence-electron chi connectivity index (χ2n) is 4.92. The normalized spacial score (nSPS) is 10.7. The van der Waals surface area contributed by atoms with Gasteiger partial charge in [-0.3, -0.25) is 0 Å². The molecule has 2 aromatic rings. The minimum atomic E-state index is 0.0856. The van der Waals surface area contributed by atoms with Crippen LogP contribution in [0.2, 0.25) is 5.02 Å². The monoisotopic (exact) mass is 291 g/mol. The Morgan fingerprint density at radius 2 is 1.70 bits per heavy atom. The molecule has 0 spiro atoms. The number of nitrogen functional groups attached to an aromatic ring is 1. The molecule has 0 heterocycles. The number of aryl methyl sites for hydroxylation is 1. The van der Waals surface area contributed by atoms with Crippen molar-refractivity contribution in [2.45, 2.75) is 26.9 Å². The molecule has 0 saturated carbocycles. The van der Waals surface area contributed by atoms with E-state index in [4.69, 9.17) is 26.8 Å². The molecule has 2 rings (SSSR count). The number of anilines is 1. The SMILES string of the molecule is Cc1cc(Oc2cc(N)cc(OC(C)C)c2)ccc1Cl. The third-order valence-corrected chi connectivity index (χ3v) is 3.06. The first kappa shape index (κ1) is 14.5. The van der Waals surface area contributed by atoms with Crippen LogP contribution in [0.15, 0.2) is 36.4 Å². The molecule has 0 amide bonds. The van der Waals surface area contributed by atoms with Crippen molar-refractivity contribution in [3.8, 4) is 17.2 Å². The highest BCUT2D eigenvalue weighted by Gasteiger charge is 2.05. The molecule has 0 aromatic heterocycles. The topological polar surface area (TPSA) is 44.5 Å². The lowest BCUT2D eigenvalue weighted by molar-refractivity contribution is 0.242. The molecule has 0 saturated heterocycles. The van der Waals surface area contributed by atoms with E-state index in [-0.39, 0.29) is 6.10 Å². The third-order valence-electron chi connectivity index (χ3n) is 2.64. The molecule has 0 aliphatic carbocycles. The van der Waals surface area contributed by atoms with Gasteiger partial charge in [0, 0.05) is 28.9 Å². The summed E-state index contributed by atoms with van der Waals surface area (Å²) in [4.78, 5) is 0. The fourth-order valence-electron chi connectivity index (χ4n) is 1.81. The summed E-state index contributed by atoms with van der Waals surface area (Å²) >= 11 is 6.00. The first-order valence-corrected chi connectivity index (χ1v) is 6.83.